The highest BCUT2D eigenvalue weighted by Gasteiger charge is 2.47. The van der Waals surface area contributed by atoms with Crippen molar-refractivity contribution in [3.05, 3.63) is 64.1 Å². The highest BCUT2D eigenvalue weighted by atomic mass is 79.9. The monoisotopic (exact) mass is 341 g/mol. The van der Waals surface area contributed by atoms with Crippen molar-refractivity contribution in [2.24, 2.45) is 10.7 Å². The van der Waals surface area contributed by atoms with Gasteiger partial charge in [0.25, 0.3) is 0 Å². The van der Waals surface area contributed by atoms with Crippen LogP contribution in [0, 0.1) is 0 Å². The minimum Gasteiger partial charge on any atom is -0.369 e. The third kappa shape index (κ3) is 1.97. The molecule has 2 aromatic carbocycles. The molecule has 0 saturated carbocycles. The number of fused-ring (bicyclic) bond motifs is 1. The van der Waals surface area contributed by atoms with Crippen molar-refractivity contribution in [3.8, 4) is 0 Å². The largest absolute Gasteiger partial charge is 0.369 e. The van der Waals surface area contributed by atoms with Crippen LogP contribution in [0.25, 0.3) is 0 Å². The zero-order valence-corrected chi connectivity index (χ0v) is 13.2. The second kappa shape index (κ2) is 4.60. The van der Waals surface area contributed by atoms with Gasteiger partial charge in [0.2, 0.25) is 0 Å². The number of aliphatic imine (C=N–C) groups is 1. The molecule has 1 heterocycles. The van der Waals surface area contributed by atoms with Crippen LogP contribution in [0.4, 0.5) is 5.69 Å². The number of hydrogen-bond donors (Lipinski definition) is 1. The standard InChI is InChI=1S/C17H16BrN3/c18-14-6-3-7-15(8-14)21-16(19)20-11-17(21)9-12-4-1-2-5-13(12)10-17/h1-8H,9-11H2,(H2,19,20). The van der Waals surface area contributed by atoms with E-state index in [9.17, 15) is 0 Å². The molecule has 0 amide bonds. The summed E-state index contributed by atoms with van der Waals surface area (Å²) in [5.74, 6) is 0.626. The average Bonchev–Trinajstić information content (AvgIpc) is 2.99. The molecule has 2 aromatic rings. The zero-order chi connectivity index (χ0) is 14.4. The number of nitrogens with zero attached hydrogens (tertiary/aromatic N) is 2. The summed E-state index contributed by atoms with van der Waals surface area (Å²) in [4.78, 5) is 6.77. The summed E-state index contributed by atoms with van der Waals surface area (Å²) in [6.45, 7) is 0.764. The highest BCUT2D eigenvalue weighted by Crippen LogP contribution is 2.40. The average molecular weight is 342 g/mol. The first kappa shape index (κ1) is 12.9. The molecule has 3 nitrogen and oxygen atoms in total. The van der Waals surface area contributed by atoms with E-state index < -0.39 is 0 Å². The van der Waals surface area contributed by atoms with Gasteiger partial charge in [0.05, 0.1) is 12.1 Å². The molecular formula is C17H16BrN3. The summed E-state index contributed by atoms with van der Waals surface area (Å²) in [6.07, 6.45) is 2.00. The number of benzene rings is 2. The van der Waals surface area contributed by atoms with Crippen LogP contribution in [-0.2, 0) is 12.8 Å². The first-order valence-corrected chi connectivity index (χ1v) is 7.90. The van der Waals surface area contributed by atoms with E-state index in [-0.39, 0.29) is 5.54 Å². The smallest absolute Gasteiger partial charge is 0.196 e. The maximum Gasteiger partial charge on any atom is 0.196 e. The Bertz CT molecular complexity index is 713. The van der Waals surface area contributed by atoms with Crippen LogP contribution < -0.4 is 10.6 Å². The maximum absolute atomic E-state index is 6.21. The van der Waals surface area contributed by atoms with E-state index in [2.05, 4.69) is 62.2 Å². The predicted molar refractivity (Wildman–Crippen MR) is 89.7 cm³/mol. The van der Waals surface area contributed by atoms with Gasteiger partial charge in [0.1, 0.15) is 0 Å². The Labute approximate surface area is 132 Å². The van der Waals surface area contributed by atoms with Crippen molar-refractivity contribution in [2.45, 2.75) is 18.4 Å². The topological polar surface area (TPSA) is 41.6 Å². The van der Waals surface area contributed by atoms with Gasteiger partial charge in [0.15, 0.2) is 5.96 Å². The van der Waals surface area contributed by atoms with Gasteiger partial charge in [0, 0.05) is 10.2 Å². The molecule has 0 fully saturated rings. The molecule has 0 bridgehead atoms. The first-order valence-electron chi connectivity index (χ1n) is 7.10. The van der Waals surface area contributed by atoms with Gasteiger partial charge in [-0.2, -0.15) is 0 Å². The molecule has 1 spiro atoms. The quantitative estimate of drug-likeness (QED) is 0.865. The molecule has 1 aliphatic carbocycles. The van der Waals surface area contributed by atoms with Crippen molar-refractivity contribution in [1.82, 2.24) is 0 Å². The summed E-state index contributed by atoms with van der Waals surface area (Å²) in [6, 6.07) is 16.9. The Morgan fingerprint density at radius 2 is 1.76 bits per heavy atom. The lowest BCUT2D eigenvalue weighted by atomic mass is 9.94. The van der Waals surface area contributed by atoms with Crippen molar-refractivity contribution < 1.29 is 0 Å². The van der Waals surface area contributed by atoms with Crippen LogP contribution in [0.1, 0.15) is 11.1 Å². The van der Waals surface area contributed by atoms with E-state index in [1.54, 1.807) is 0 Å². The molecule has 1 aliphatic heterocycles. The Morgan fingerprint density at radius 1 is 1.05 bits per heavy atom. The molecule has 0 saturated heterocycles. The lowest BCUT2D eigenvalue weighted by Crippen LogP contribution is -2.52. The number of hydrogen-bond acceptors (Lipinski definition) is 3. The minimum atomic E-state index is -0.0332. The molecule has 4 heteroatoms. The molecular weight excluding hydrogens is 326 g/mol. The third-order valence-corrected chi connectivity index (χ3v) is 4.96. The molecule has 0 radical (unpaired) electrons. The van der Waals surface area contributed by atoms with Crippen molar-refractivity contribution in [1.29, 1.82) is 0 Å². The van der Waals surface area contributed by atoms with Crippen LogP contribution >= 0.6 is 15.9 Å². The summed E-state index contributed by atoms with van der Waals surface area (Å²) < 4.78 is 1.06. The van der Waals surface area contributed by atoms with Crippen LogP contribution in [0.2, 0.25) is 0 Å². The Hall–Kier alpha value is -1.81. The fraction of sp³-hybridized carbons (Fsp3) is 0.235. The van der Waals surface area contributed by atoms with Crippen LogP contribution in [0.15, 0.2) is 58.0 Å². The lowest BCUT2D eigenvalue weighted by Gasteiger charge is -2.36. The molecule has 4 rings (SSSR count). The van der Waals surface area contributed by atoms with E-state index in [1.165, 1.54) is 11.1 Å². The first-order chi connectivity index (χ1) is 10.2. The Morgan fingerprint density at radius 3 is 2.43 bits per heavy atom. The number of nitrogens with two attached hydrogens (primary N) is 1. The summed E-state index contributed by atoms with van der Waals surface area (Å²) in [5, 5.41) is 0. The van der Waals surface area contributed by atoms with E-state index in [1.807, 2.05) is 12.1 Å². The van der Waals surface area contributed by atoms with Gasteiger partial charge in [-0.1, -0.05) is 46.3 Å². The molecule has 21 heavy (non-hydrogen) atoms. The lowest BCUT2D eigenvalue weighted by molar-refractivity contribution is 0.483. The SMILES string of the molecule is NC1=NCC2(Cc3ccccc3C2)N1c1cccc(Br)c1. The van der Waals surface area contributed by atoms with Crippen molar-refractivity contribution in [3.63, 3.8) is 0 Å². The van der Waals surface area contributed by atoms with Crippen LogP contribution in [-0.4, -0.2) is 18.0 Å². The van der Waals surface area contributed by atoms with Crippen molar-refractivity contribution in [2.75, 3.05) is 11.4 Å². The van der Waals surface area contributed by atoms with Gasteiger partial charge in [-0.15, -0.1) is 0 Å². The van der Waals surface area contributed by atoms with E-state index in [4.69, 9.17) is 5.73 Å². The summed E-state index contributed by atoms with van der Waals surface area (Å²) in [5.41, 5.74) is 10.1. The second-order valence-electron chi connectivity index (χ2n) is 5.84. The second-order valence-corrected chi connectivity index (χ2v) is 6.75. The van der Waals surface area contributed by atoms with Gasteiger partial charge >= 0.3 is 0 Å². The van der Waals surface area contributed by atoms with E-state index in [0.29, 0.717) is 5.96 Å². The number of rotatable bonds is 1. The molecule has 106 valence electrons. The molecule has 2 aliphatic rings. The summed E-state index contributed by atoms with van der Waals surface area (Å²) in [7, 11) is 0. The Balaban J connectivity index is 1.77. The molecule has 0 aromatic heterocycles. The van der Waals surface area contributed by atoms with Crippen LogP contribution in [0.3, 0.4) is 0 Å². The minimum absolute atomic E-state index is 0.0332. The fourth-order valence-corrected chi connectivity index (χ4v) is 3.96. The van der Waals surface area contributed by atoms with Crippen molar-refractivity contribution >= 4 is 27.6 Å². The maximum atomic E-state index is 6.21. The number of guanidine groups is 1. The van der Waals surface area contributed by atoms with E-state index in [0.717, 1.165) is 29.5 Å². The predicted octanol–water partition coefficient (Wildman–Crippen LogP) is 3.12. The van der Waals surface area contributed by atoms with Gasteiger partial charge in [-0.05, 0) is 42.2 Å². The molecule has 2 N–H and O–H groups in total. The van der Waals surface area contributed by atoms with Gasteiger partial charge < -0.3 is 10.6 Å². The Kier molecular flexibility index (Phi) is 2.82. The van der Waals surface area contributed by atoms with E-state index >= 15 is 0 Å². The molecule has 0 atom stereocenters. The fourth-order valence-electron chi connectivity index (χ4n) is 3.58. The van der Waals surface area contributed by atoms with Gasteiger partial charge in [-0.3, -0.25) is 4.99 Å². The highest BCUT2D eigenvalue weighted by molar-refractivity contribution is 9.10. The number of anilines is 1. The van der Waals surface area contributed by atoms with Crippen LogP contribution in [0.5, 0.6) is 0 Å². The third-order valence-electron chi connectivity index (χ3n) is 4.46. The normalized spacial score (nSPS) is 18.9. The summed E-state index contributed by atoms with van der Waals surface area (Å²) >= 11 is 3.55. The van der Waals surface area contributed by atoms with Gasteiger partial charge in [-0.25, -0.2) is 0 Å². The number of halogens is 1. The zero-order valence-electron chi connectivity index (χ0n) is 11.6. The molecule has 0 unspecified atom stereocenters.